The molecule has 2 aromatic carbocycles. The number of fused-ring (bicyclic) bond motifs is 1. The number of carbonyl (C=O) groups is 2. The van der Waals surface area contributed by atoms with E-state index in [1.54, 1.807) is 77.1 Å². The molecular formula is C24H26N2O6. The fourth-order valence-corrected chi connectivity index (χ4v) is 3.44. The number of rotatable bonds is 3. The van der Waals surface area contributed by atoms with Crippen LogP contribution in [0.2, 0.25) is 0 Å². The lowest BCUT2D eigenvalue weighted by molar-refractivity contribution is -0.145. The summed E-state index contributed by atoms with van der Waals surface area (Å²) in [6.45, 7) is 9.87. The average Bonchev–Trinajstić information content (AvgIpc) is 2.66. The van der Waals surface area contributed by atoms with Crippen LogP contribution >= 0.6 is 0 Å². The molecule has 32 heavy (non-hydrogen) atoms. The van der Waals surface area contributed by atoms with Gasteiger partial charge in [0, 0.05) is 6.92 Å². The second-order valence-corrected chi connectivity index (χ2v) is 8.55. The molecule has 8 nitrogen and oxygen atoms in total. The fraction of sp³-hybridized carbons (Fsp3) is 0.333. The van der Waals surface area contributed by atoms with Crippen molar-refractivity contribution >= 4 is 23.0 Å². The molecule has 0 saturated carbocycles. The Morgan fingerprint density at radius 3 is 2.19 bits per heavy atom. The molecule has 0 saturated heterocycles. The number of carbonyl (C=O) groups excluding carboxylic acids is 2. The highest BCUT2D eigenvalue weighted by Crippen LogP contribution is 2.20. The Labute approximate surface area is 185 Å². The number of ether oxygens (including phenoxy) is 2. The molecule has 0 amide bonds. The summed E-state index contributed by atoms with van der Waals surface area (Å²) < 4.78 is 12.4. The largest absolute Gasteiger partial charge is 0.458 e. The SMILES string of the molecule is CC(=O)OC(C)c1ccc(-n2c(=O)c3c(C)cccc3n(C(=O)OC(C)(C)C)c2=O)cc1. The summed E-state index contributed by atoms with van der Waals surface area (Å²) in [6, 6.07) is 11.4. The molecular weight excluding hydrogens is 412 g/mol. The standard InChI is InChI=1S/C24H26N2O6/c1-14-8-7-9-19-20(14)21(28)25(22(29)26(19)23(30)32-24(4,5)6)18-12-10-17(11-13-18)15(2)31-16(3)27/h7-13,15H,1-6H3. The van der Waals surface area contributed by atoms with Crippen molar-refractivity contribution in [3.63, 3.8) is 0 Å². The van der Waals surface area contributed by atoms with Gasteiger partial charge < -0.3 is 9.47 Å². The molecule has 0 aliphatic carbocycles. The highest BCUT2D eigenvalue weighted by molar-refractivity contribution is 5.89. The predicted molar refractivity (Wildman–Crippen MR) is 120 cm³/mol. The van der Waals surface area contributed by atoms with Gasteiger partial charge in [0.05, 0.1) is 16.6 Å². The monoisotopic (exact) mass is 438 g/mol. The minimum absolute atomic E-state index is 0.186. The number of aromatic nitrogens is 2. The van der Waals surface area contributed by atoms with Crippen LogP contribution in [0.3, 0.4) is 0 Å². The smallest absolute Gasteiger partial charge is 0.423 e. The molecule has 1 atom stereocenters. The minimum Gasteiger partial charge on any atom is -0.458 e. The van der Waals surface area contributed by atoms with Crippen LogP contribution in [0.15, 0.2) is 52.1 Å². The Balaban J connectivity index is 2.25. The van der Waals surface area contributed by atoms with Crippen molar-refractivity contribution in [1.29, 1.82) is 0 Å². The van der Waals surface area contributed by atoms with Gasteiger partial charge in [0.1, 0.15) is 11.7 Å². The third-order valence-corrected chi connectivity index (χ3v) is 4.83. The summed E-state index contributed by atoms with van der Waals surface area (Å²) in [4.78, 5) is 50.8. The van der Waals surface area contributed by atoms with Crippen molar-refractivity contribution in [3.05, 3.63) is 74.4 Å². The molecule has 0 fully saturated rings. The van der Waals surface area contributed by atoms with E-state index in [1.807, 2.05) is 0 Å². The van der Waals surface area contributed by atoms with Gasteiger partial charge in [-0.25, -0.2) is 14.2 Å². The molecule has 0 bridgehead atoms. The predicted octanol–water partition coefficient (Wildman–Crippen LogP) is 3.87. The molecule has 1 aromatic heterocycles. The van der Waals surface area contributed by atoms with Gasteiger partial charge in [-0.1, -0.05) is 24.3 Å². The first-order chi connectivity index (χ1) is 14.9. The summed E-state index contributed by atoms with van der Waals surface area (Å²) in [6.07, 6.45) is -1.36. The molecule has 8 heteroatoms. The topological polar surface area (TPSA) is 96.6 Å². The van der Waals surface area contributed by atoms with Gasteiger partial charge in [-0.3, -0.25) is 9.59 Å². The van der Waals surface area contributed by atoms with Crippen LogP contribution < -0.4 is 11.2 Å². The molecule has 0 aliphatic heterocycles. The third kappa shape index (κ3) is 4.49. The van der Waals surface area contributed by atoms with Crippen LogP contribution in [0, 0.1) is 6.92 Å². The van der Waals surface area contributed by atoms with E-state index in [4.69, 9.17) is 9.47 Å². The van der Waals surface area contributed by atoms with Gasteiger partial charge in [0.15, 0.2) is 0 Å². The van der Waals surface area contributed by atoms with Gasteiger partial charge in [-0.05, 0) is 63.9 Å². The number of benzene rings is 2. The van der Waals surface area contributed by atoms with Crippen molar-refractivity contribution < 1.29 is 19.1 Å². The molecule has 0 radical (unpaired) electrons. The van der Waals surface area contributed by atoms with Crippen molar-refractivity contribution in [2.75, 3.05) is 0 Å². The molecule has 0 aliphatic rings. The lowest BCUT2D eigenvalue weighted by atomic mass is 10.1. The number of hydrogen-bond donors (Lipinski definition) is 0. The second kappa shape index (κ2) is 8.45. The zero-order valence-corrected chi connectivity index (χ0v) is 19.0. The summed E-state index contributed by atoms with van der Waals surface area (Å²) in [5.41, 5.74) is -0.416. The molecule has 3 aromatic rings. The maximum atomic E-state index is 13.4. The Hall–Kier alpha value is -3.68. The van der Waals surface area contributed by atoms with Crippen molar-refractivity contribution in [2.45, 2.75) is 53.2 Å². The summed E-state index contributed by atoms with van der Waals surface area (Å²) in [7, 11) is 0. The molecule has 168 valence electrons. The van der Waals surface area contributed by atoms with E-state index in [0.29, 0.717) is 11.1 Å². The maximum absolute atomic E-state index is 13.4. The maximum Gasteiger partial charge on any atom is 0.423 e. The first-order valence-corrected chi connectivity index (χ1v) is 10.2. The van der Waals surface area contributed by atoms with E-state index in [0.717, 1.165) is 9.13 Å². The Kier molecular flexibility index (Phi) is 6.07. The summed E-state index contributed by atoms with van der Waals surface area (Å²) in [5, 5.41) is 0.246. The van der Waals surface area contributed by atoms with Crippen LogP contribution in [0.25, 0.3) is 16.6 Å². The van der Waals surface area contributed by atoms with E-state index in [1.165, 1.54) is 6.92 Å². The number of esters is 1. The van der Waals surface area contributed by atoms with E-state index in [-0.39, 0.29) is 16.6 Å². The Bertz CT molecular complexity index is 1310. The molecule has 0 spiro atoms. The van der Waals surface area contributed by atoms with Crippen LogP contribution in [-0.4, -0.2) is 26.8 Å². The highest BCUT2D eigenvalue weighted by Gasteiger charge is 2.24. The Morgan fingerprint density at radius 2 is 1.62 bits per heavy atom. The normalized spacial score (nSPS) is 12.4. The number of aryl methyl sites for hydroxylation is 1. The van der Waals surface area contributed by atoms with Crippen LogP contribution in [0.4, 0.5) is 4.79 Å². The molecule has 1 unspecified atom stereocenters. The lowest BCUT2D eigenvalue weighted by Gasteiger charge is -2.21. The molecule has 3 rings (SSSR count). The third-order valence-electron chi connectivity index (χ3n) is 4.83. The zero-order chi connectivity index (χ0) is 23.8. The van der Waals surface area contributed by atoms with Gasteiger partial charge >= 0.3 is 17.8 Å². The molecule has 1 heterocycles. The number of nitrogens with zero attached hydrogens (tertiary/aromatic N) is 2. The Morgan fingerprint density at radius 1 is 1.00 bits per heavy atom. The van der Waals surface area contributed by atoms with E-state index in [9.17, 15) is 19.2 Å². The molecule has 0 N–H and O–H groups in total. The van der Waals surface area contributed by atoms with Gasteiger partial charge in [-0.2, -0.15) is 4.57 Å². The summed E-state index contributed by atoms with van der Waals surface area (Å²) >= 11 is 0. The zero-order valence-electron chi connectivity index (χ0n) is 19.0. The second-order valence-electron chi connectivity index (χ2n) is 8.55. The lowest BCUT2D eigenvalue weighted by Crippen LogP contribution is -2.43. The van der Waals surface area contributed by atoms with Gasteiger partial charge in [0.25, 0.3) is 5.56 Å². The van der Waals surface area contributed by atoms with Crippen LogP contribution in [0.1, 0.15) is 51.8 Å². The first-order valence-electron chi connectivity index (χ1n) is 10.2. The minimum atomic E-state index is -0.869. The van der Waals surface area contributed by atoms with Gasteiger partial charge in [-0.15, -0.1) is 0 Å². The summed E-state index contributed by atoms with van der Waals surface area (Å²) in [5.74, 6) is -0.414. The van der Waals surface area contributed by atoms with E-state index >= 15 is 0 Å². The fourth-order valence-electron chi connectivity index (χ4n) is 3.44. The van der Waals surface area contributed by atoms with Crippen LogP contribution in [0.5, 0.6) is 0 Å². The van der Waals surface area contributed by atoms with E-state index < -0.39 is 35.0 Å². The van der Waals surface area contributed by atoms with E-state index in [2.05, 4.69) is 0 Å². The number of hydrogen-bond acceptors (Lipinski definition) is 6. The van der Waals surface area contributed by atoms with Crippen molar-refractivity contribution in [2.24, 2.45) is 0 Å². The average molecular weight is 438 g/mol. The first kappa shape index (κ1) is 23.0. The highest BCUT2D eigenvalue weighted by atomic mass is 16.6. The van der Waals surface area contributed by atoms with Gasteiger partial charge in [0.2, 0.25) is 0 Å². The van der Waals surface area contributed by atoms with Crippen molar-refractivity contribution in [3.8, 4) is 5.69 Å². The van der Waals surface area contributed by atoms with Crippen molar-refractivity contribution in [1.82, 2.24) is 9.13 Å². The van der Waals surface area contributed by atoms with Crippen LogP contribution in [-0.2, 0) is 14.3 Å². The quantitative estimate of drug-likeness (QED) is 0.576.